The van der Waals surface area contributed by atoms with E-state index in [4.69, 9.17) is 4.98 Å². The Morgan fingerprint density at radius 1 is 1.08 bits per heavy atom. The van der Waals surface area contributed by atoms with E-state index in [9.17, 15) is 8.42 Å². The average molecular weight is 343 g/mol. The Bertz CT molecular complexity index is 944. The molecule has 0 saturated heterocycles. The van der Waals surface area contributed by atoms with Crippen LogP contribution in [0.15, 0.2) is 48.5 Å². The molecule has 0 aliphatic carbocycles. The molecule has 3 aromatic rings. The van der Waals surface area contributed by atoms with Crippen molar-refractivity contribution in [2.75, 3.05) is 12.3 Å². The molecular formula is C18H21N3O2S. The molecule has 0 radical (unpaired) electrons. The third-order valence-corrected chi connectivity index (χ3v) is 5.41. The Kier molecular flexibility index (Phi) is 4.69. The van der Waals surface area contributed by atoms with Gasteiger partial charge in [-0.05, 0) is 26.0 Å². The van der Waals surface area contributed by atoms with Gasteiger partial charge in [0, 0.05) is 18.7 Å². The Morgan fingerprint density at radius 3 is 2.50 bits per heavy atom. The molecule has 1 N–H and O–H groups in total. The Balaban J connectivity index is 1.98. The first-order valence-corrected chi connectivity index (χ1v) is 9.65. The largest absolute Gasteiger partial charge is 0.323 e. The Labute approximate surface area is 142 Å². The second kappa shape index (κ2) is 6.75. The van der Waals surface area contributed by atoms with Crippen LogP contribution in [0.4, 0.5) is 0 Å². The van der Waals surface area contributed by atoms with Gasteiger partial charge < -0.3 is 4.57 Å². The molecule has 2 aromatic carbocycles. The summed E-state index contributed by atoms with van der Waals surface area (Å²) in [4.78, 5) is 4.73. The van der Waals surface area contributed by atoms with Gasteiger partial charge in [0.15, 0.2) is 0 Å². The van der Waals surface area contributed by atoms with Crippen LogP contribution in [-0.2, 0) is 16.6 Å². The standard InChI is InChI=1S/C18H21N3O2S/c1-3-24(22,23)19-12-13-21-17-7-5-4-6-16(17)20-18(21)15-10-8-14(2)9-11-15/h4-11,19H,3,12-13H2,1-2H3. The summed E-state index contributed by atoms with van der Waals surface area (Å²) in [5.41, 5.74) is 4.13. The van der Waals surface area contributed by atoms with Crippen LogP contribution in [0.2, 0.25) is 0 Å². The molecule has 0 amide bonds. The summed E-state index contributed by atoms with van der Waals surface area (Å²) in [5.74, 6) is 0.939. The maximum absolute atomic E-state index is 11.6. The van der Waals surface area contributed by atoms with Crippen LogP contribution in [-0.4, -0.2) is 30.3 Å². The maximum Gasteiger partial charge on any atom is 0.211 e. The third kappa shape index (κ3) is 3.49. The van der Waals surface area contributed by atoms with Crippen molar-refractivity contribution in [2.45, 2.75) is 20.4 Å². The zero-order valence-electron chi connectivity index (χ0n) is 13.9. The number of aryl methyl sites for hydroxylation is 1. The fourth-order valence-corrected chi connectivity index (χ4v) is 3.25. The molecule has 0 atom stereocenters. The van der Waals surface area contributed by atoms with Crippen molar-refractivity contribution < 1.29 is 8.42 Å². The minimum atomic E-state index is -3.19. The molecule has 0 aliphatic heterocycles. The molecule has 6 heteroatoms. The lowest BCUT2D eigenvalue weighted by Gasteiger charge is -2.10. The molecule has 5 nitrogen and oxygen atoms in total. The molecule has 126 valence electrons. The van der Waals surface area contributed by atoms with Crippen molar-refractivity contribution in [1.82, 2.24) is 14.3 Å². The van der Waals surface area contributed by atoms with E-state index in [0.29, 0.717) is 13.1 Å². The Morgan fingerprint density at radius 2 is 1.79 bits per heavy atom. The van der Waals surface area contributed by atoms with Gasteiger partial charge in [0.05, 0.1) is 16.8 Å². The van der Waals surface area contributed by atoms with Crippen molar-refractivity contribution in [1.29, 1.82) is 0 Å². The lowest BCUT2D eigenvalue weighted by Crippen LogP contribution is -2.28. The smallest absolute Gasteiger partial charge is 0.211 e. The number of aromatic nitrogens is 2. The summed E-state index contributed by atoms with van der Waals surface area (Å²) in [6, 6.07) is 16.1. The van der Waals surface area contributed by atoms with Crippen LogP contribution in [0.1, 0.15) is 12.5 Å². The fraction of sp³-hybridized carbons (Fsp3) is 0.278. The number of sulfonamides is 1. The summed E-state index contributed by atoms with van der Waals surface area (Å²) in [6.45, 7) is 4.55. The van der Waals surface area contributed by atoms with Crippen molar-refractivity contribution in [3.05, 3.63) is 54.1 Å². The van der Waals surface area contributed by atoms with Crippen LogP contribution in [0.5, 0.6) is 0 Å². The molecule has 1 heterocycles. The first-order chi connectivity index (χ1) is 11.5. The number of hydrogen-bond acceptors (Lipinski definition) is 3. The van der Waals surface area contributed by atoms with Gasteiger partial charge in [0.2, 0.25) is 10.0 Å². The van der Waals surface area contributed by atoms with Crippen molar-refractivity contribution >= 4 is 21.1 Å². The van der Waals surface area contributed by atoms with E-state index >= 15 is 0 Å². The van der Waals surface area contributed by atoms with E-state index in [-0.39, 0.29) is 5.75 Å². The summed E-state index contributed by atoms with van der Waals surface area (Å²) in [5, 5.41) is 0. The molecule has 3 rings (SSSR count). The minimum absolute atomic E-state index is 0.0858. The lowest BCUT2D eigenvalue weighted by molar-refractivity contribution is 0.576. The Hall–Kier alpha value is -2.18. The molecule has 0 bridgehead atoms. The number of imidazole rings is 1. The highest BCUT2D eigenvalue weighted by Gasteiger charge is 2.13. The number of rotatable bonds is 6. The minimum Gasteiger partial charge on any atom is -0.323 e. The lowest BCUT2D eigenvalue weighted by atomic mass is 10.1. The predicted octanol–water partition coefficient (Wildman–Crippen LogP) is 2.95. The summed E-state index contributed by atoms with van der Waals surface area (Å²) in [7, 11) is -3.19. The average Bonchev–Trinajstić information content (AvgIpc) is 2.94. The molecule has 0 fully saturated rings. The summed E-state index contributed by atoms with van der Waals surface area (Å²) < 4.78 is 28.0. The van der Waals surface area contributed by atoms with Crippen molar-refractivity contribution in [3.63, 3.8) is 0 Å². The number of fused-ring (bicyclic) bond motifs is 1. The molecule has 0 saturated carbocycles. The normalized spacial score (nSPS) is 11.9. The predicted molar refractivity (Wildman–Crippen MR) is 97.4 cm³/mol. The highest BCUT2D eigenvalue weighted by molar-refractivity contribution is 7.89. The first-order valence-electron chi connectivity index (χ1n) is 8.00. The van der Waals surface area contributed by atoms with E-state index in [2.05, 4.69) is 21.4 Å². The second-order valence-corrected chi connectivity index (χ2v) is 7.84. The number of para-hydroxylation sites is 2. The van der Waals surface area contributed by atoms with E-state index < -0.39 is 10.0 Å². The zero-order chi connectivity index (χ0) is 17.2. The summed E-state index contributed by atoms with van der Waals surface area (Å²) in [6.07, 6.45) is 0. The van der Waals surface area contributed by atoms with Crippen LogP contribution >= 0.6 is 0 Å². The molecule has 1 aromatic heterocycles. The highest BCUT2D eigenvalue weighted by Crippen LogP contribution is 2.24. The topological polar surface area (TPSA) is 64.0 Å². The van der Waals surface area contributed by atoms with Crippen LogP contribution in [0, 0.1) is 6.92 Å². The molecule has 24 heavy (non-hydrogen) atoms. The second-order valence-electron chi connectivity index (χ2n) is 5.74. The van der Waals surface area contributed by atoms with Gasteiger partial charge in [-0.15, -0.1) is 0 Å². The van der Waals surface area contributed by atoms with E-state index in [1.54, 1.807) is 6.92 Å². The monoisotopic (exact) mass is 343 g/mol. The molecular weight excluding hydrogens is 322 g/mol. The van der Waals surface area contributed by atoms with Gasteiger partial charge in [-0.2, -0.15) is 0 Å². The van der Waals surface area contributed by atoms with Gasteiger partial charge >= 0.3 is 0 Å². The van der Waals surface area contributed by atoms with Gasteiger partial charge in [0.1, 0.15) is 5.82 Å². The third-order valence-electron chi connectivity index (χ3n) is 4.00. The first kappa shape index (κ1) is 16.7. The van der Waals surface area contributed by atoms with Gasteiger partial charge in [0.25, 0.3) is 0 Å². The zero-order valence-corrected chi connectivity index (χ0v) is 14.7. The number of benzene rings is 2. The number of nitrogens with zero attached hydrogens (tertiary/aromatic N) is 2. The van der Waals surface area contributed by atoms with Gasteiger partial charge in [-0.25, -0.2) is 18.1 Å². The molecule has 0 aliphatic rings. The number of nitrogens with one attached hydrogen (secondary N) is 1. The van der Waals surface area contributed by atoms with E-state index in [0.717, 1.165) is 22.4 Å². The molecule has 0 unspecified atom stereocenters. The van der Waals surface area contributed by atoms with E-state index in [1.165, 1.54) is 5.56 Å². The SMILES string of the molecule is CCS(=O)(=O)NCCn1c(-c2ccc(C)cc2)nc2ccccc21. The van der Waals surface area contributed by atoms with E-state index in [1.807, 2.05) is 43.3 Å². The van der Waals surface area contributed by atoms with Gasteiger partial charge in [-0.1, -0.05) is 42.0 Å². The quantitative estimate of drug-likeness (QED) is 0.748. The van der Waals surface area contributed by atoms with Crippen LogP contribution in [0.25, 0.3) is 22.4 Å². The fourth-order valence-electron chi connectivity index (χ4n) is 2.64. The van der Waals surface area contributed by atoms with Gasteiger partial charge in [-0.3, -0.25) is 0 Å². The van der Waals surface area contributed by atoms with Crippen LogP contribution < -0.4 is 4.72 Å². The maximum atomic E-state index is 11.6. The van der Waals surface area contributed by atoms with Crippen molar-refractivity contribution in [3.8, 4) is 11.4 Å². The highest BCUT2D eigenvalue weighted by atomic mass is 32.2. The van der Waals surface area contributed by atoms with Crippen molar-refractivity contribution in [2.24, 2.45) is 0 Å². The molecule has 0 spiro atoms. The summed E-state index contributed by atoms with van der Waals surface area (Å²) >= 11 is 0. The van der Waals surface area contributed by atoms with Crippen LogP contribution in [0.3, 0.4) is 0 Å². The number of hydrogen-bond donors (Lipinski definition) is 1.